The smallest absolute Gasteiger partial charge is 0.234 e. The quantitative estimate of drug-likeness (QED) is 0.681. The molecule has 25 heavy (non-hydrogen) atoms. The van der Waals surface area contributed by atoms with E-state index in [1.165, 1.54) is 0 Å². The zero-order valence-corrected chi connectivity index (χ0v) is 13.6. The van der Waals surface area contributed by atoms with Crippen molar-refractivity contribution in [3.8, 4) is 0 Å². The summed E-state index contributed by atoms with van der Waals surface area (Å²) in [5.41, 5.74) is 9.28. The van der Waals surface area contributed by atoms with Crippen LogP contribution in [0.4, 0.5) is 0 Å². The molecule has 0 fully saturated rings. The molecule has 5 heteroatoms. The van der Waals surface area contributed by atoms with Crippen LogP contribution in [-0.4, -0.2) is 22.7 Å². The molecule has 2 unspecified atom stereocenters. The molecular weight excluding hydrogens is 314 g/mol. The Hall–Kier alpha value is -2.92. The van der Waals surface area contributed by atoms with Crippen LogP contribution in [0.5, 0.6) is 0 Å². The number of H-pyrrole nitrogens is 1. The first-order chi connectivity index (χ1) is 12.1. The lowest BCUT2D eigenvalue weighted by Crippen LogP contribution is -2.50. The maximum absolute atomic E-state index is 13.0. The lowest BCUT2D eigenvalue weighted by molar-refractivity contribution is -0.123. The van der Waals surface area contributed by atoms with Gasteiger partial charge in [0.1, 0.15) is 0 Å². The van der Waals surface area contributed by atoms with E-state index in [0.717, 1.165) is 27.6 Å². The molecule has 0 spiro atoms. The summed E-state index contributed by atoms with van der Waals surface area (Å²) >= 11 is 0. The first-order valence-corrected chi connectivity index (χ1v) is 8.25. The Morgan fingerprint density at radius 2 is 2.08 bits per heavy atom. The Morgan fingerprint density at radius 3 is 2.92 bits per heavy atom. The lowest BCUT2D eigenvalue weighted by atomic mass is 9.86. The van der Waals surface area contributed by atoms with Gasteiger partial charge in [-0.05, 0) is 35.2 Å². The molecule has 2 heterocycles. The number of nitrogens with two attached hydrogens (primary N) is 1. The van der Waals surface area contributed by atoms with Gasteiger partial charge in [0.15, 0.2) is 5.78 Å². The monoisotopic (exact) mass is 332 g/mol. The molecule has 5 nitrogen and oxygen atoms in total. The van der Waals surface area contributed by atoms with Crippen molar-refractivity contribution < 1.29 is 9.59 Å². The average molecular weight is 332 g/mol. The predicted molar refractivity (Wildman–Crippen MR) is 94.9 cm³/mol. The number of amides is 1. The number of carbonyl (C=O) groups excluding carboxylic acids is 2. The van der Waals surface area contributed by atoms with Gasteiger partial charge < -0.3 is 10.7 Å². The minimum Gasteiger partial charge on any atom is -0.368 e. The van der Waals surface area contributed by atoms with Crippen LogP contribution in [0.25, 0.3) is 10.9 Å². The van der Waals surface area contributed by atoms with Crippen LogP contribution >= 0.6 is 0 Å². The number of carbonyl (C=O) groups is 2. The summed E-state index contributed by atoms with van der Waals surface area (Å²) in [6, 6.07) is 15.3. The molecule has 0 bridgehead atoms. The van der Waals surface area contributed by atoms with Crippen molar-refractivity contribution in [2.75, 3.05) is 0 Å². The number of primary amides is 1. The second-order valence-electron chi connectivity index (χ2n) is 6.39. The van der Waals surface area contributed by atoms with Crippen molar-refractivity contribution in [2.24, 2.45) is 5.73 Å². The predicted octanol–water partition coefficient (Wildman–Crippen LogP) is 1.82. The molecule has 1 aromatic heterocycles. The minimum absolute atomic E-state index is 0.0168. The van der Waals surface area contributed by atoms with Crippen LogP contribution in [-0.2, 0) is 22.4 Å². The van der Waals surface area contributed by atoms with Gasteiger partial charge in [0, 0.05) is 23.5 Å². The van der Waals surface area contributed by atoms with Crippen molar-refractivity contribution in [2.45, 2.75) is 24.9 Å². The van der Waals surface area contributed by atoms with Gasteiger partial charge in [-0.15, -0.1) is 0 Å². The number of fused-ring (bicyclic) bond motifs is 2. The zero-order chi connectivity index (χ0) is 17.4. The van der Waals surface area contributed by atoms with E-state index in [1.54, 1.807) is 6.07 Å². The van der Waals surface area contributed by atoms with Gasteiger partial charge in [-0.1, -0.05) is 36.4 Å². The van der Waals surface area contributed by atoms with Crippen LogP contribution in [0, 0.1) is 6.07 Å². The van der Waals surface area contributed by atoms with Gasteiger partial charge in [-0.3, -0.25) is 14.9 Å². The third kappa shape index (κ3) is 2.83. The van der Waals surface area contributed by atoms with E-state index in [0.29, 0.717) is 6.42 Å². The minimum atomic E-state index is -0.541. The van der Waals surface area contributed by atoms with Crippen LogP contribution in [0.15, 0.2) is 48.7 Å². The number of rotatable bonds is 4. The fraction of sp³-hybridized carbons (Fsp3) is 0.200. The van der Waals surface area contributed by atoms with Gasteiger partial charge in [0.05, 0.1) is 12.1 Å². The second-order valence-corrected chi connectivity index (χ2v) is 6.39. The lowest BCUT2D eigenvalue weighted by Gasteiger charge is -2.30. The fourth-order valence-corrected chi connectivity index (χ4v) is 3.52. The van der Waals surface area contributed by atoms with E-state index in [2.05, 4.69) is 16.4 Å². The van der Waals surface area contributed by atoms with E-state index >= 15 is 0 Å². The Bertz CT molecular complexity index is 960. The van der Waals surface area contributed by atoms with Gasteiger partial charge >= 0.3 is 0 Å². The topological polar surface area (TPSA) is 88.0 Å². The highest BCUT2D eigenvalue weighted by molar-refractivity contribution is 5.94. The number of aromatic amines is 1. The summed E-state index contributed by atoms with van der Waals surface area (Å²) in [7, 11) is 0. The van der Waals surface area contributed by atoms with Crippen LogP contribution < -0.4 is 11.1 Å². The maximum Gasteiger partial charge on any atom is 0.234 e. The third-order valence-electron chi connectivity index (χ3n) is 4.80. The number of benzene rings is 2. The average Bonchev–Trinajstić information content (AvgIpc) is 3.03. The first-order valence-electron chi connectivity index (χ1n) is 8.25. The number of Topliss-reactive ketones (excluding diaryl/α,β-unsaturated/α-hetero) is 1. The summed E-state index contributed by atoms with van der Waals surface area (Å²) in [4.78, 5) is 27.8. The van der Waals surface area contributed by atoms with Gasteiger partial charge in [0.2, 0.25) is 5.91 Å². The number of para-hydroxylation sites is 1. The highest BCUT2D eigenvalue weighted by atomic mass is 16.1. The second kappa shape index (κ2) is 6.18. The van der Waals surface area contributed by atoms with Crippen molar-refractivity contribution in [1.82, 2.24) is 10.3 Å². The molecule has 4 N–H and O–H groups in total. The summed E-state index contributed by atoms with van der Waals surface area (Å²) in [5, 5.41) is 4.16. The summed E-state index contributed by atoms with van der Waals surface area (Å²) < 4.78 is 0. The molecule has 0 saturated heterocycles. The van der Waals surface area contributed by atoms with Crippen molar-refractivity contribution in [1.29, 1.82) is 0 Å². The Kier molecular flexibility index (Phi) is 3.86. The number of aromatic nitrogens is 1. The molecule has 1 aliphatic heterocycles. The molecule has 125 valence electrons. The Balaban J connectivity index is 1.66. The highest BCUT2D eigenvalue weighted by Gasteiger charge is 2.33. The molecule has 1 radical (unpaired) electrons. The highest BCUT2D eigenvalue weighted by Crippen LogP contribution is 2.28. The molecule has 3 aromatic rings. The molecule has 0 aliphatic carbocycles. The van der Waals surface area contributed by atoms with Crippen LogP contribution in [0.2, 0.25) is 0 Å². The largest absolute Gasteiger partial charge is 0.368 e. The fourth-order valence-electron chi connectivity index (χ4n) is 3.52. The summed E-state index contributed by atoms with van der Waals surface area (Å²) in [6.07, 6.45) is 2.64. The molecule has 4 rings (SSSR count). The van der Waals surface area contributed by atoms with Gasteiger partial charge in [-0.2, -0.15) is 0 Å². The number of hydrogen-bond acceptors (Lipinski definition) is 3. The van der Waals surface area contributed by atoms with E-state index < -0.39 is 18.0 Å². The van der Waals surface area contributed by atoms with Crippen molar-refractivity contribution >= 4 is 22.6 Å². The van der Waals surface area contributed by atoms with Crippen molar-refractivity contribution in [3.63, 3.8) is 0 Å². The van der Waals surface area contributed by atoms with E-state index in [9.17, 15) is 9.59 Å². The van der Waals surface area contributed by atoms with E-state index in [-0.39, 0.29) is 12.2 Å². The number of ketones is 1. The van der Waals surface area contributed by atoms with Crippen LogP contribution in [0.3, 0.4) is 0 Å². The van der Waals surface area contributed by atoms with Gasteiger partial charge in [0.25, 0.3) is 0 Å². The molecular formula is C20H18N3O2. The maximum atomic E-state index is 13.0. The summed E-state index contributed by atoms with van der Waals surface area (Å²) in [5.74, 6) is -0.428. The molecule has 2 aromatic carbocycles. The third-order valence-corrected chi connectivity index (χ3v) is 4.80. The van der Waals surface area contributed by atoms with E-state index in [4.69, 9.17) is 5.73 Å². The summed E-state index contributed by atoms with van der Waals surface area (Å²) in [6.45, 7) is 0. The molecule has 0 saturated carbocycles. The van der Waals surface area contributed by atoms with Gasteiger partial charge in [-0.25, -0.2) is 0 Å². The Labute approximate surface area is 145 Å². The molecule has 2 atom stereocenters. The Morgan fingerprint density at radius 1 is 1.24 bits per heavy atom. The van der Waals surface area contributed by atoms with Crippen LogP contribution in [0.1, 0.15) is 22.7 Å². The molecule has 1 aliphatic rings. The zero-order valence-electron chi connectivity index (χ0n) is 13.6. The number of nitrogens with one attached hydrogen (secondary N) is 2. The first kappa shape index (κ1) is 15.6. The number of hydrogen-bond donors (Lipinski definition) is 3. The van der Waals surface area contributed by atoms with Crippen molar-refractivity contribution in [3.05, 3.63) is 71.4 Å². The normalized spacial score (nSPS) is 19.5. The molecule has 1 amide bonds. The van der Waals surface area contributed by atoms with E-state index in [1.807, 2.05) is 42.6 Å². The standard InChI is InChI=1S/C20H18N3O2/c21-20(25)17-9-12-5-1-2-7-15(12)19(23-17)18(24)10-13-11-22-16-8-4-3-6-14(13)16/h2-8,11,17,19,22-23H,9-10H2,(H2,21,25). The SMILES string of the molecule is NC(=O)C1Cc2c[c]ccc2C(C(=O)Cc2c[nH]c3ccccc23)N1.